The monoisotopic (exact) mass is 488 g/mol. The fraction of sp³-hybridized carbons (Fsp3) is 0.320. The number of hydrogen-bond donors (Lipinski definition) is 0. The van der Waals surface area contributed by atoms with Crippen molar-refractivity contribution in [2.75, 3.05) is 13.2 Å². The van der Waals surface area contributed by atoms with Crippen LogP contribution in [0.4, 0.5) is 17.6 Å². The van der Waals surface area contributed by atoms with Crippen LogP contribution in [-0.4, -0.2) is 47.2 Å². The molecule has 1 aliphatic heterocycles. The molecule has 4 rings (SSSR count). The highest BCUT2D eigenvalue weighted by Crippen LogP contribution is 2.31. The van der Waals surface area contributed by atoms with E-state index in [1.165, 1.54) is 0 Å². The molecule has 0 spiro atoms. The number of rotatable bonds is 7. The van der Waals surface area contributed by atoms with Crippen molar-refractivity contribution in [1.82, 2.24) is 14.7 Å². The minimum absolute atomic E-state index is 0.293. The van der Waals surface area contributed by atoms with Crippen LogP contribution in [-0.2, 0) is 22.6 Å². The molecule has 0 bridgehead atoms. The van der Waals surface area contributed by atoms with Crippen molar-refractivity contribution in [2.45, 2.75) is 38.6 Å². The lowest BCUT2D eigenvalue weighted by atomic mass is 10.1. The van der Waals surface area contributed by atoms with Crippen molar-refractivity contribution < 1.29 is 27.1 Å². The molecule has 184 valence electrons. The number of alkyl halides is 4. The predicted octanol–water partition coefficient (Wildman–Crippen LogP) is 4.98. The quantitative estimate of drug-likeness (QED) is 0.439. The summed E-state index contributed by atoms with van der Waals surface area (Å²) in [6.07, 6.45) is -8.43. The molecule has 3 aromatic rings. The molecule has 10 heteroatoms. The van der Waals surface area contributed by atoms with Crippen LogP contribution in [0, 0.1) is 18.3 Å². The van der Waals surface area contributed by atoms with Gasteiger partial charge in [0.05, 0.1) is 35.7 Å². The van der Waals surface area contributed by atoms with E-state index in [0.717, 1.165) is 22.4 Å². The van der Waals surface area contributed by atoms with Crippen molar-refractivity contribution >= 4 is 6.79 Å². The van der Waals surface area contributed by atoms with E-state index in [4.69, 9.17) is 10.1 Å². The molecule has 2 aromatic carbocycles. The maximum atomic E-state index is 13.5. The average molecular weight is 488 g/mol. The van der Waals surface area contributed by atoms with E-state index in [0.29, 0.717) is 30.9 Å². The highest BCUT2D eigenvalue weighted by molar-refractivity contribution is 5.59. The number of aryl methyl sites for hydroxylation is 1. The predicted molar refractivity (Wildman–Crippen MR) is 121 cm³/mol. The second kappa shape index (κ2) is 11.3. The number of fused-ring (bicyclic) bond motifs is 1. The minimum atomic E-state index is -4.53. The first-order valence-corrected chi connectivity index (χ1v) is 10.7. The van der Waals surface area contributed by atoms with Crippen LogP contribution in [0.3, 0.4) is 0 Å². The third-order valence-corrected chi connectivity index (χ3v) is 5.57. The number of carbonyl (C=O) groups is 1. The smallest absolute Gasteiger partial charge is 0.314 e. The fourth-order valence-electron chi connectivity index (χ4n) is 3.86. The summed E-state index contributed by atoms with van der Waals surface area (Å²) >= 11 is 0. The number of carbonyl (C=O) groups excluding carboxylic acids is 1. The number of nitrogens with zero attached hydrogens (tertiary/aromatic N) is 4. The molecule has 0 saturated carbocycles. The summed E-state index contributed by atoms with van der Waals surface area (Å²) in [6, 6.07) is 18.1. The molecule has 0 fully saturated rings. The Kier molecular flexibility index (Phi) is 8.38. The van der Waals surface area contributed by atoms with Gasteiger partial charge in [-0.3, -0.25) is 9.58 Å². The van der Waals surface area contributed by atoms with Gasteiger partial charge >= 0.3 is 12.5 Å². The number of halogens is 4. The molecule has 2 heterocycles. The van der Waals surface area contributed by atoms with Gasteiger partial charge in [-0.15, -0.1) is 0 Å². The number of benzene rings is 2. The molecule has 0 amide bonds. The second-order valence-electron chi connectivity index (χ2n) is 8.14. The average Bonchev–Trinajstić information content (AvgIpc) is 3.29. The van der Waals surface area contributed by atoms with Gasteiger partial charge in [-0.05, 0) is 30.7 Å². The van der Waals surface area contributed by atoms with E-state index >= 15 is 0 Å². The van der Waals surface area contributed by atoms with Gasteiger partial charge in [0, 0.05) is 25.2 Å². The molecular weight excluding hydrogens is 464 g/mol. The zero-order valence-corrected chi connectivity index (χ0v) is 19.0. The largest absolute Gasteiger partial charge is 0.416 e. The zero-order chi connectivity index (χ0) is 25.6. The molecule has 0 aliphatic carbocycles. The minimum Gasteiger partial charge on any atom is -0.314 e. The maximum Gasteiger partial charge on any atom is 0.416 e. The van der Waals surface area contributed by atoms with E-state index in [1.807, 2.05) is 61.1 Å². The third-order valence-electron chi connectivity index (χ3n) is 5.57. The van der Waals surface area contributed by atoms with Crippen LogP contribution in [0.5, 0.6) is 0 Å². The molecule has 1 aromatic heterocycles. The van der Waals surface area contributed by atoms with Crippen LogP contribution < -0.4 is 0 Å². The summed E-state index contributed by atoms with van der Waals surface area (Å²) in [5.41, 5.74) is 4.91. The lowest BCUT2D eigenvalue weighted by molar-refractivity contribution is -0.304. The van der Waals surface area contributed by atoms with Gasteiger partial charge in [-0.1, -0.05) is 42.0 Å². The Morgan fingerprint density at radius 1 is 1.17 bits per heavy atom. The molecule has 35 heavy (non-hydrogen) atoms. The molecule has 6 nitrogen and oxygen atoms in total. The van der Waals surface area contributed by atoms with E-state index in [-0.39, 0.29) is 0 Å². The normalized spacial score (nSPS) is 15.7. The number of nitriles is 1. The Balaban J connectivity index is 0.00000167. The third kappa shape index (κ3) is 6.32. The van der Waals surface area contributed by atoms with Gasteiger partial charge in [-0.2, -0.15) is 19.1 Å². The number of aromatic nitrogens is 2. The lowest BCUT2D eigenvalue weighted by Gasteiger charge is -2.34. The summed E-state index contributed by atoms with van der Waals surface area (Å²) in [5, 5.41) is 13.6. The van der Waals surface area contributed by atoms with Crippen molar-refractivity contribution in [3.63, 3.8) is 0 Å². The van der Waals surface area contributed by atoms with E-state index in [9.17, 15) is 17.6 Å². The number of ether oxygens (including phenoxy) is 1. The van der Waals surface area contributed by atoms with Crippen LogP contribution in [0.15, 0.2) is 54.6 Å². The first-order chi connectivity index (χ1) is 16.7. The van der Waals surface area contributed by atoms with Gasteiger partial charge in [0.2, 0.25) is 0 Å². The molecule has 1 atom stereocenters. The number of hydrogen-bond acceptors (Lipinski definition) is 5. The van der Waals surface area contributed by atoms with Gasteiger partial charge < -0.3 is 9.53 Å². The Bertz CT molecular complexity index is 1160. The molecule has 1 unspecified atom stereocenters. The van der Waals surface area contributed by atoms with Crippen molar-refractivity contribution in [3.8, 4) is 17.3 Å². The molecule has 1 aliphatic rings. The molecule has 0 saturated heterocycles. The van der Waals surface area contributed by atoms with Crippen LogP contribution in [0.2, 0.25) is 0 Å². The highest BCUT2D eigenvalue weighted by Gasteiger charge is 2.43. The van der Waals surface area contributed by atoms with Crippen molar-refractivity contribution in [1.29, 1.82) is 5.26 Å². The fourth-order valence-corrected chi connectivity index (χ4v) is 3.86. The second-order valence-corrected chi connectivity index (χ2v) is 8.14. The topological polar surface area (TPSA) is 71.2 Å². The van der Waals surface area contributed by atoms with Crippen LogP contribution >= 0.6 is 0 Å². The molecular formula is C25H24F4N4O2. The maximum absolute atomic E-state index is 13.5. The van der Waals surface area contributed by atoms with Gasteiger partial charge in [0.25, 0.3) is 0 Å². The molecule has 0 radical (unpaired) electrons. The van der Waals surface area contributed by atoms with Gasteiger partial charge in [-0.25, -0.2) is 8.78 Å². The Labute approximate surface area is 200 Å². The van der Waals surface area contributed by atoms with Gasteiger partial charge in [0.15, 0.2) is 0 Å². The highest BCUT2D eigenvalue weighted by atomic mass is 19.3. The van der Waals surface area contributed by atoms with E-state index < -0.39 is 25.2 Å². The Hall–Kier alpha value is -3.55. The summed E-state index contributed by atoms with van der Waals surface area (Å²) in [7, 11) is 0. The molecule has 0 N–H and O–H groups in total. The lowest BCUT2D eigenvalue weighted by Crippen LogP contribution is -2.41. The zero-order valence-electron chi connectivity index (χ0n) is 19.0. The Morgan fingerprint density at radius 3 is 2.43 bits per heavy atom. The summed E-state index contributed by atoms with van der Waals surface area (Å²) in [5.74, 6) is 0. The SMILES string of the molecule is C=O.Cc1ccc(-c2cc3n(n2)C(COC(F)(F)C(F)F)CN(Cc2ccc(C#N)cc2)C3)cc1. The van der Waals surface area contributed by atoms with E-state index in [2.05, 4.69) is 15.9 Å². The van der Waals surface area contributed by atoms with Gasteiger partial charge in [0.1, 0.15) is 6.79 Å². The van der Waals surface area contributed by atoms with Crippen molar-refractivity contribution in [2.24, 2.45) is 0 Å². The summed E-state index contributed by atoms with van der Waals surface area (Å²) in [6.45, 7) is 4.66. The summed E-state index contributed by atoms with van der Waals surface area (Å²) < 4.78 is 58.1. The van der Waals surface area contributed by atoms with Crippen LogP contribution in [0.25, 0.3) is 11.3 Å². The van der Waals surface area contributed by atoms with E-state index in [1.54, 1.807) is 16.8 Å². The first kappa shape index (κ1) is 26.1. The van der Waals surface area contributed by atoms with Crippen molar-refractivity contribution in [3.05, 3.63) is 77.0 Å². The van der Waals surface area contributed by atoms with Crippen LogP contribution in [0.1, 0.15) is 28.4 Å². The standard InChI is InChI=1S/C24H22F4N4O.CH2O/c1-16-2-8-19(9-3-16)22-10-20-13-31(12-18-6-4-17(11-29)5-7-18)14-21(32(20)30-22)15-33-24(27,28)23(25)26;1-2/h2-10,21,23H,12-15H2,1H3;1H2. The Morgan fingerprint density at radius 2 is 1.83 bits per heavy atom. The summed E-state index contributed by atoms with van der Waals surface area (Å²) in [4.78, 5) is 10.0. The first-order valence-electron chi connectivity index (χ1n) is 10.7.